The van der Waals surface area contributed by atoms with Crippen LogP contribution in [-0.2, 0) is 4.74 Å². The van der Waals surface area contributed by atoms with Gasteiger partial charge in [0.15, 0.2) is 0 Å². The summed E-state index contributed by atoms with van der Waals surface area (Å²) in [4.78, 5) is 25.4. The minimum atomic E-state index is -0.755. The quantitative estimate of drug-likeness (QED) is 0.637. The number of aliphatic hydroxyl groups is 1. The fraction of sp³-hybridized carbons (Fsp3) is 0.529. The summed E-state index contributed by atoms with van der Waals surface area (Å²) in [5, 5.41) is 12.0. The van der Waals surface area contributed by atoms with Crippen molar-refractivity contribution >= 4 is 17.9 Å². The van der Waals surface area contributed by atoms with E-state index in [4.69, 9.17) is 14.6 Å². The van der Waals surface area contributed by atoms with Gasteiger partial charge in [-0.05, 0) is 56.9 Å². The van der Waals surface area contributed by atoms with Crippen molar-refractivity contribution in [1.82, 2.24) is 4.90 Å². The first-order valence-corrected chi connectivity index (χ1v) is 8.27. The Labute approximate surface area is 141 Å². The zero-order valence-electron chi connectivity index (χ0n) is 13.9. The third-order valence-corrected chi connectivity index (χ3v) is 3.92. The van der Waals surface area contributed by atoms with E-state index in [1.165, 1.54) is 0 Å². The van der Waals surface area contributed by atoms with Crippen LogP contribution in [0.2, 0.25) is 0 Å². The fourth-order valence-electron chi connectivity index (χ4n) is 2.76. The highest BCUT2D eigenvalue weighted by Crippen LogP contribution is 2.22. The summed E-state index contributed by atoms with van der Waals surface area (Å²) in [6, 6.07) is 6.42. The lowest BCUT2D eigenvalue weighted by Crippen LogP contribution is -2.46. The predicted octanol–water partition coefficient (Wildman–Crippen LogP) is 2.99. The molecule has 2 N–H and O–H groups in total. The number of anilines is 1. The summed E-state index contributed by atoms with van der Waals surface area (Å²) in [5.74, 6) is 0.350. The van der Waals surface area contributed by atoms with Crippen molar-refractivity contribution in [3.8, 4) is 5.75 Å². The first-order chi connectivity index (χ1) is 11.6. The molecule has 1 aliphatic heterocycles. The van der Waals surface area contributed by atoms with Crippen molar-refractivity contribution in [3.05, 3.63) is 24.3 Å². The summed E-state index contributed by atoms with van der Waals surface area (Å²) in [6.45, 7) is 2.72. The van der Waals surface area contributed by atoms with Gasteiger partial charge in [0.1, 0.15) is 5.75 Å². The zero-order valence-corrected chi connectivity index (χ0v) is 13.9. The number of likely N-dealkylation sites (tertiary alicyclic amines) is 1. The molecule has 132 valence electrons. The van der Waals surface area contributed by atoms with E-state index in [2.05, 4.69) is 5.32 Å². The summed E-state index contributed by atoms with van der Waals surface area (Å²) < 4.78 is 9.66. The third-order valence-electron chi connectivity index (χ3n) is 3.92. The van der Waals surface area contributed by atoms with Gasteiger partial charge < -0.3 is 24.8 Å². The second-order valence-corrected chi connectivity index (χ2v) is 5.59. The van der Waals surface area contributed by atoms with Crippen LogP contribution in [0.1, 0.15) is 32.6 Å². The van der Waals surface area contributed by atoms with Crippen LogP contribution in [0.5, 0.6) is 5.75 Å². The number of hydrogen-bond donors (Lipinski definition) is 2. The first kappa shape index (κ1) is 18.1. The van der Waals surface area contributed by atoms with Gasteiger partial charge in [-0.2, -0.15) is 0 Å². The number of ether oxygens (including phenoxy) is 2. The van der Waals surface area contributed by atoms with Gasteiger partial charge in [-0.1, -0.05) is 0 Å². The average Bonchev–Trinajstić information content (AvgIpc) is 2.57. The van der Waals surface area contributed by atoms with Gasteiger partial charge in [0, 0.05) is 24.9 Å². The predicted molar refractivity (Wildman–Crippen MR) is 89.2 cm³/mol. The minimum Gasteiger partial charge on any atom is -0.434 e. The van der Waals surface area contributed by atoms with Gasteiger partial charge in [0.2, 0.25) is 0 Å². The number of carbonyl (C=O) groups is 2. The molecule has 24 heavy (non-hydrogen) atoms. The van der Waals surface area contributed by atoms with Crippen molar-refractivity contribution in [3.63, 3.8) is 0 Å². The Morgan fingerprint density at radius 1 is 1.29 bits per heavy atom. The molecule has 1 aliphatic rings. The number of urea groups is 1. The van der Waals surface area contributed by atoms with Crippen LogP contribution in [0.3, 0.4) is 0 Å². The first-order valence-electron chi connectivity index (χ1n) is 8.27. The highest BCUT2D eigenvalue weighted by molar-refractivity contribution is 5.89. The van der Waals surface area contributed by atoms with Gasteiger partial charge in [-0.25, -0.2) is 9.59 Å². The Morgan fingerprint density at radius 2 is 2.04 bits per heavy atom. The van der Waals surface area contributed by atoms with E-state index in [-0.39, 0.29) is 25.3 Å². The van der Waals surface area contributed by atoms with E-state index in [0.717, 1.165) is 19.3 Å². The summed E-state index contributed by atoms with van der Waals surface area (Å²) in [5.41, 5.74) is 0.615. The highest BCUT2D eigenvalue weighted by Gasteiger charge is 2.26. The smallest absolute Gasteiger partial charge is 0.434 e. The lowest BCUT2D eigenvalue weighted by Gasteiger charge is -2.35. The number of piperidine rings is 1. The van der Waals surface area contributed by atoms with Gasteiger partial charge in [0.25, 0.3) is 0 Å². The zero-order chi connectivity index (χ0) is 17.4. The minimum absolute atomic E-state index is 0.0777. The standard InChI is InChI=1S/C17H24N2O5/c1-2-23-17(22)24-15-8-6-13(7-9-15)18-16(21)19-11-4-3-5-14(19)10-12-20/h6-9,14,20H,2-5,10-12H2,1H3,(H,18,21). The Bertz CT molecular complexity index is 544. The molecule has 1 aromatic carbocycles. The lowest BCUT2D eigenvalue weighted by molar-refractivity contribution is 0.104. The number of benzene rings is 1. The molecule has 0 aromatic heterocycles. The van der Waals surface area contributed by atoms with Crippen LogP contribution in [-0.4, -0.2) is 48.0 Å². The van der Waals surface area contributed by atoms with Crippen molar-refractivity contribution in [2.75, 3.05) is 25.1 Å². The van der Waals surface area contributed by atoms with Crippen molar-refractivity contribution in [2.24, 2.45) is 0 Å². The number of amides is 2. The molecule has 1 unspecified atom stereocenters. The van der Waals surface area contributed by atoms with Crippen molar-refractivity contribution < 1.29 is 24.2 Å². The maximum atomic E-state index is 12.4. The molecule has 1 fully saturated rings. The molecule has 1 saturated heterocycles. The molecule has 7 heteroatoms. The number of nitrogens with one attached hydrogen (secondary N) is 1. The average molecular weight is 336 g/mol. The summed E-state index contributed by atoms with van der Waals surface area (Å²) >= 11 is 0. The van der Waals surface area contributed by atoms with Crippen LogP contribution in [0, 0.1) is 0 Å². The SMILES string of the molecule is CCOC(=O)Oc1ccc(NC(=O)N2CCCCC2CCO)cc1. The molecular formula is C17H24N2O5. The second-order valence-electron chi connectivity index (χ2n) is 5.59. The molecule has 1 atom stereocenters. The monoisotopic (exact) mass is 336 g/mol. The number of rotatable bonds is 5. The third kappa shape index (κ3) is 5.13. The summed E-state index contributed by atoms with van der Waals surface area (Å²) in [7, 11) is 0. The van der Waals surface area contributed by atoms with E-state index in [9.17, 15) is 9.59 Å². The van der Waals surface area contributed by atoms with Crippen molar-refractivity contribution in [2.45, 2.75) is 38.6 Å². The molecule has 2 rings (SSSR count). The molecule has 0 saturated carbocycles. The maximum Gasteiger partial charge on any atom is 0.513 e. The molecule has 7 nitrogen and oxygen atoms in total. The number of hydrogen-bond acceptors (Lipinski definition) is 5. The molecule has 0 bridgehead atoms. The number of nitrogens with zero attached hydrogens (tertiary/aromatic N) is 1. The molecule has 1 heterocycles. The normalized spacial score (nSPS) is 17.2. The maximum absolute atomic E-state index is 12.4. The van der Waals surface area contributed by atoms with Gasteiger partial charge in [-0.3, -0.25) is 0 Å². The molecule has 0 aliphatic carbocycles. The largest absolute Gasteiger partial charge is 0.513 e. The van der Waals surface area contributed by atoms with Crippen LogP contribution >= 0.6 is 0 Å². The van der Waals surface area contributed by atoms with Crippen LogP contribution < -0.4 is 10.1 Å². The topological polar surface area (TPSA) is 88.1 Å². The van der Waals surface area contributed by atoms with Gasteiger partial charge >= 0.3 is 12.2 Å². The van der Waals surface area contributed by atoms with Crippen LogP contribution in [0.4, 0.5) is 15.3 Å². The Kier molecular flexibility index (Phi) is 6.87. The van der Waals surface area contributed by atoms with Crippen LogP contribution in [0.25, 0.3) is 0 Å². The van der Waals surface area contributed by atoms with E-state index in [1.807, 2.05) is 0 Å². The van der Waals surface area contributed by atoms with Gasteiger partial charge in [0.05, 0.1) is 6.61 Å². The van der Waals surface area contributed by atoms with Crippen molar-refractivity contribution in [1.29, 1.82) is 0 Å². The highest BCUT2D eigenvalue weighted by atomic mass is 16.7. The Morgan fingerprint density at radius 3 is 2.71 bits per heavy atom. The molecule has 0 radical (unpaired) electrons. The van der Waals surface area contributed by atoms with E-state index in [1.54, 1.807) is 36.1 Å². The van der Waals surface area contributed by atoms with Crippen LogP contribution in [0.15, 0.2) is 24.3 Å². The molecule has 2 amide bonds. The fourth-order valence-corrected chi connectivity index (χ4v) is 2.76. The Hall–Kier alpha value is -2.28. The van der Waals surface area contributed by atoms with Gasteiger partial charge in [-0.15, -0.1) is 0 Å². The second kappa shape index (κ2) is 9.12. The summed E-state index contributed by atoms with van der Waals surface area (Å²) in [6.07, 6.45) is 2.81. The molecule has 1 aromatic rings. The number of aliphatic hydroxyl groups excluding tert-OH is 1. The van der Waals surface area contributed by atoms with E-state index < -0.39 is 6.16 Å². The van der Waals surface area contributed by atoms with E-state index in [0.29, 0.717) is 24.4 Å². The Balaban J connectivity index is 1.92. The molecular weight excluding hydrogens is 312 g/mol. The van der Waals surface area contributed by atoms with E-state index >= 15 is 0 Å². The molecule has 0 spiro atoms. The lowest BCUT2D eigenvalue weighted by atomic mass is 10.0. The number of carbonyl (C=O) groups excluding carboxylic acids is 2.